The lowest BCUT2D eigenvalue weighted by atomic mass is 10.1. The Balaban J connectivity index is 4.41. The van der Waals surface area contributed by atoms with Gasteiger partial charge in [0.25, 0.3) is 0 Å². The van der Waals surface area contributed by atoms with Crippen LogP contribution < -0.4 is 5.73 Å². The van der Waals surface area contributed by atoms with E-state index in [-0.39, 0.29) is 32.6 Å². The van der Waals surface area contributed by atoms with Crippen molar-refractivity contribution >= 4 is 19.8 Å². The van der Waals surface area contributed by atoms with E-state index in [1.54, 1.807) is 6.08 Å². The Kier molecular flexibility index (Phi) is 39.4. The number of phosphoric ester groups is 1. The molecule has 4 N–H and O–H groups in total. The number of hydrogen-bond acceptors (Lipinski definition) is 9. The van der Waals surface area contributed by atoms with Gasteiger partial charge in [-0.15, -0.1) is 0 Å². The molecular weight excluding hydrogens is 753 g/mol. The van der Waals surface area contributed by atoms with Crippen molar-refractivity contribution in [2.45, 2.75) is 148 Å². The fourth-order valence-electron chi connectivity index (χ4n) is 5.03. The van der Waals surface area contributed by atoms with Crippen molar-refractivity contribution < 1.29 is 42.7 Å². The molecule has 0 radical (unpaired) electrons. The van der Waals surface area contributed by atoms with Gasteiger partial charge in [-0.05, 0) is 89.9 Å². The highest BCUT2D eigenvalue weighted by molar-refractivity contribution is 7.47. The van der Waals surface area contributed by atoms with Crippen molar-refractivity contribution in [3.05, 3.63) is 109 Å². The second-order valence-corrected chi connectivity index (χ2v) is 15.1. The molecule has 0 aliphatic rings. The van der Waals surface area contributed by atoms with Crippen LogP contribution in [0, 0.1) is 0 Å². The van der Waals surface area contributed by atoms with E-state index in [1.165, 1.54) is 25.7 Å². The first-order chi connectivity index (χ1) is 28.2. The Morgan fingerprint density at radius 3 is 1.79 bits per heavy atom. The third kappa shape index (κ3) is 40.8. The highest BCUT2D eigenvalue weighted by Crippen LogP contribution is 2.43. The Bertz CT molecular complexity index is 1330. The molecule has 0 aromatic rings. The van der Waals surface area contributed by atoms with Gasteiger partial charge in [-0.25, -0.2) is 4.57 Å². The standard InChI is InChI=1S/C47H76NO9P/c1-3-5-7-9-11-12-13-14-15-16-17-18-19-20-21-22-27-31-35-39-47(51)57-45(43-56-58(52,53)55-41-40-48)42-54-46(50)38-34-30-26-24-23-25-29-33-37-44(49)36-32-28-10-8-6-4-2/h6,8,11-12,14-15,17-18,20-21,24-26,28-29,32-33,37,44-45,49H,3-5,7,9-10,13,16,19,22-23,27,30-31,34-36,38-43,48H2,1-2H3,(H,52,53)/b8-6-,12-11-,15-14-,18-17-,21-20-,26-24-,29-25-,32-28-,37-33+/t44?,45-/m1/s1. The van der Waals surface area contributed by atoms with Crippen LogP contribution in [0.3, 0.4) is 0 Å². The molecule has 0 rings (SSSR count). The van der Waals surface area contributed by atoms with Crippen molar-refractivity contribution in [2.75, 3.05) is 26.4 Å². The summed E-state index contributed by atoms with van der Waals surface area (Å²) in [5.41, 5.74) is 5.34. The summed E-state index contributed by atoms with van der Waals surface area (Å²) in [7, 11) is -4.42. The third-order valence-corrected chi connectivity index (χ3v) is 9.21. The number of esters is 2. The number of carbonyl (C=O) groups excluding carboxylic acids is 2. The maximum absolute atomic E-state index is 12.6. The zero-order valence-electron chi connectivity index (χ0n) is 35.6. The molecule has 0 heterocycles. The van der Waals surface area contributed by atoms with Gasteiger partial charge < -0.3 is 25.2 Å². The van der Waals surface area contributed by atoms with Crippen molar-refractivity contribution in [2.24, 2.45) is 5.73 Å². The van der Waals surface area contributed by atoms with Gasteiger partial charge in [0.15, 0.2) is 6.10 Å². The molecule has 0 amide bonds. The van der Waals surface area contributed by atoms with Crippen LogP contribution in [-0.4, -0.2) is 60.5 Å². The summed E-state index contributed by atoms with van der Waals surface area (Å²) >= 11 is 0. The maximum atomic E-state index is 12.6. The highest BCUT2D eigenvalue weighted by Gasteiger charge is 2.25. The molecule has 0 aromatic heterocycles. The van der Waals surface area contributed by atoms with Crippen LogP contribution in [-0.2, 0) is 32.7 Å². The minimum Gasteiger partial charge on any atom is -0.462 e. The zero-order chi connectivity index (χ0) is 42.6. The Morgan fingerprint density at radius 1 is 0.621 bits per heavy atom. The number of carbonyl (C=O) groups is 2. The summed E-state index contributed by atoms with van der Waals surface area (Å²) in [5, 5.41) is 10.0. The number of aliphatic hydroxyl groups excluding tert-OH is 1. The van der Waals surface area contributed by atoms with Gasteiger partial charge in [-0.3, -0.25) is 18.6 Å². The van der Waals surface area contributed by atoms with E-state index in [0.717, 1.165) is 57.8 Å². The maximum Gasteiger partial charge on any atom is 0.472 e. The second kappa shape index (κ2) is 41.8. The van der Waals surface area contributed by atoms with Crippen molar-refractivity contribution in [1.29, 1.82) is 0 Å². The summed E-state index contributed by atoms with van der Waals surface area (Å²) in [6.07, 6.45) is 51.5. The average molecular weight is 830 g/mol. The summed E-state index contributed by atoms with van der Waals surface area (Å²) in [6, 6.07) is 0. The Labute approximate surface area is 351 Å². The molecule has 0 aliphatic carbocycles. The normalized spacial score (nSPS) is 14.9. The SMILES string of the molecule is CC/C=C\C/C=C\CC(O)/C=C/C=C\C/C=C\CCCC(=O)OC[C@H](COP(=O)(O)OCCN)OC(=O)CCCCC/C=C\C/C=C\C/C=C\C/C=C\CCCCC. The lowest BCUT2D eigenvalue weighted by Crippen LogP contribution is -2.29. The molecular formula is C47H76NO9P. The predicted molar refractivity (Wildman–Crippen MR) is 239 cm³/mol. The van der Waals surface area contributed by atoms with E-state index in [9.17, 15) is 24.2 Å². The fourth-order valence-corrected chi connectivity index (χ4v) is 5.79. The predicted octanol–water partition coefficient (Wildman–Crippen LogP) is 11.4. The molecule has 0 saturated heterocycles. The summed E-state index contributed by atoms with van der Waals surface area (Å²) < 4.78 is 32.6. The molecule has 0 aromatic carbocycles. The van der Waals surface area contributed by atoms with Gasteiger partial charge >= 0.3 is 19.8 Å². The number of ether oxygens (including phenoxy) is 2. The largest absolute Gasteiger partial charge is 0.472 e. The zero-order valence-corrected chi connectivity index (χ0v) is 36.5. The van der Waals surface area contributed by atoms with E-state index in [0.29, 0.717) is 25.7 Å². The fraction of sp³-hybridized carbons (Fsp3) is 0.574. The molecule has 10 nitrogen and oxygen atoms in total. The summed E-state index contributed by atoms with van der Waals surface area (Å²) in [6.45, 7) is 3.36. The van der Waals surface area contributed by atoms with Crippen LogP contribution in [0.5, 0.6) is 0 Å². The lowest BCUT2D eigenvalue weighted by Gasteiger charge is -2.19. The first-order valence-corrected chi connectivity index (χ1v) is 23.0. The van der Waals surface area contributed by atoms with Crippen LogP contribution in [0.2, 0.25) is 0 Å². The number of aliphatic hydroxyl groups is 1. The number of rotatable bonds is 38. The van der Waals surface area contributed by atoms with Gasteiger partial charge in [-0.1, -0.05) is 142 Å². The molecule has 0 spiro atoms. The van der Waals surface area contributed by atoms with Crippen LogP contribution in [0.1, 0.15) is 136 Å². The molecule has 11 heteroatoms. The van der Waals surface area contributed by atoms with E-state index < -0.39 is 38.6 Å². The van der Waals surface area contributed by atoms with E-state index in [1.807, 2.05) is 42.5 Å². The van der Waals surface area contributed by atoms with Gasteiger partial charge in [-0.2, -0.15) is 0 Å². The minimum atomic E-state index is -4.42. The van der Waals surface area contributed by atoms with Crippen LogP contribution in [0.4, 0.5) is 0 Å². The number of hydrogen-bond donors (Lipinski definition) is 3. The van der Waals surface area contributed by atoms with Gasteiger partial charge in [0, 0.05) is 19.4 Å². The topological polar surface area (TPSA) is 155 Å². The van der Waals surface area contributed by atoms with E-state index >= 15 is 0 Å². The molecule has 0 saturated carbocycles. The van der Waals surface area contributed by atoms with Gasteiger partial charge in [0.05, 0.1) is 19.3 Å². The van der Waals surface area contributed by atoms with Crippen LogP contribution in [0.15, 0.2) is 109 Å². The minimum absolute atomic E-state index is 0.0245. The molecule has 328 valence electrons. The molecule has 0 aliphatic heterocycles. The molecule has 0 bridgehead atoms. The smallest absolute Gasteiger partial charge is 0.462 e. The third-order valence-electron chi connectivity index (χ3n) is 8.22. The molecule has 3 atom stereocenters. The Hall–Kier alpha value is -3.37. The quantitative estimate of drug-likeness (QED) is 0.0180. The summed E-state index contributed by atoms with van der Waals surface area (Å²) in [5.74, 6) is -0.985. The first-order valence-electron chi connectivity index (χ1n) is 21.5. The van der Waals surface area contributed by atoms with Crippen LogP contribution >= 0.6 is 7.82 Å². The second-order valence-electron chi connectivity index (χ2n) is 13.7. The molecule has 0 fully saturated rings. The van der Waals surface area contributed by atoms with Crippen LogP contribution in [0.25, 0.3) is 0 Å². The summed E-state index contributed by atoms with van der Waals surface area (Å²) in [4.78, 5) is 34.8. The molecule has 58 heavy (non-hydrogen) atoms. The van der Waals surface area contributed by atoms with Crippen molar-refractivity contribution in [1.82, 2.24) is 0 Å². The number of phosphoric acid groups is 1. The van der Waals surface area contributed by atoms with Crippen molar-refractivity contribution in [3.8, 4) is 0 Å². The highest BCUT2D eigenvalue weighted by atomic mass is 31.2. The molecule has 2 unspecified atom stereocenters. The van der Waals surface area contributed by atoms with Gasteiger partial charge in [0.2, 0.25) is 0 Å². The van der Waals surface area contributed by atoms with Gasteiger partial charge in [0.1, 0.15) is 6.61 Å². The van der Waals surface area contributed by atoms with E-state index in [4.69, 9.17) is 24.3 Å². The van der Waals surface area contributed by atoms with Crippen molar-refractivity contribution in [3.63, 3.8) is 0 Å². The average Bonchev–Trinajstić information content (AvgIpc) is 3.21. The van der Waals surface area contributed by atoms with E-state index in [2.05, 4.69) is 74.6 Å². The number of nitrogens with two attached hydrogens (primary N) is 1. The number of allylic oxidation sites excluding steroid dienone is 16. The first kappa shape index (κ1) is 54.6. The number of unbranched alkanes of at least 4 members (excludes halogenated alkanes) is 7. The monoisotopic (exact) mass is 830 g/mol. The Morgan fingerprint density at radius 2 is 1.17 bits per heavy atom. The lowest BCUT2D eigenvalue weighted by molar-refractivity contribution is -0.161.